The number of rotatable bonds is 3. The minimum Gasteiger partial charge on any atom is -0.379 e. The maximum atomic E-state index is 6.01. The molecule has 122 valence electrons. The van der Waals surface area contributed by atoms with Gasteiger partial charge in [-0.15, -0.1) is 0 Å². The van der Waals surface area contributed by atoms with Gasteiger partial charge in [-0.2, -0.15) is 4.98 Å². The van der Waals surface area contributed by atoms with Crippen LogP contribution in [0.3, 0.4) is 0 Å². The first kappa shape index (κ1) is 15.1. The van der Waals surface area contributed by atoms with E-state index in [9.17, 15) is 0 Å². The molecule has 4 rings (SSSR count). The number of aromatic nitrogens is 2. The Morgan fingerprint density at radius 1 is 1.30 bits per heavy atom. The third-order valence-corrected chi connectivity index (χ3v) is 4.57. The standard InChI is InChI=1S/C16H18ClN3O3/c17-12-3-1-2-11(8-12)16-18-15(23-19-16)9-20-5-7-22-14-10-21-6-4-13(14)20/h1-3,8,13-14H,4-7,9-10H2/t13-,14+/m0/s1. The maximum Gasteiger partial charge on any atom is 0.241 e. The first-order valence-electron chi connectivity index (χ1n) is 7.81. The van der Waals surface area contributed by atoms with Gasteiger partial charge in [-0.3, -0.25) is 4.90 Å². The Hall–Kier alpha value is -1.47. The van der Waals surface area contributed by atoms with Crippen molar-refractivity contribution in [3.05, 3.63) is 35.2 Å². The van der Waals surface area contributed by atoms with Gasteiger partial charge < -0.3 is 14.0 Å². The van der Waals surface area contributed by atoms with E-state index in [4.69, 9.17) is 25.6 Å². The molecule has 3 heterocycles. The van der Waals surface area contributed by atoms with Gasteiger partial charge in [0, 0.05) is 29.8 Å². The van der Waals surface area contributed by atoms with Crippen molar-refractivity contribution in [1.82, 2.24) is 15.0 Å². The van der Waals surface area contributed by atoms with Crippen molar-refractivity contribution < 1.29 is 14.0 Å². The van der Waals surface area contributed by atoms with Crippen molar-refractivity contribution in [1.29, 1.82) is 0 Å². The first-order chi connectivity index (χ1) is 11.3. The average molecular weight is 336 g/mol. The molecule has 0 amide bonds. The Morgan fingerprint density at radius 2 is 2.26 bits per heavy atom. The number of hydrogen-bond acceptors (Lipinski definition) is 6. The highest BCUT2D eigenvalue weighted by Crippen LogP contribution is 2.24. The van der Waals surface area contributed by atoms with E-state index in [0.29, 0.717) is 42.5 Å². The predicted molar refractivity (Wildman–Crippen MR) is 84.1 cm³/mol. The summed E-state index contributed by atoms with van der Waals surface area (Å²) in [5.74, 6) is 1.19. The number of benzene rings is 1. The molecule has 0 saturated carbocycles. The molecule has 23 heavy (non-hydrogen) atoms. The van der Waals surface area contributed by atoms with Gasteiger partial charge in [0.1, 0.15) is 0 Å². The minimum atomic E-state index is 0.146. The van der Waals surface area contributed by atoms with Crippen molar-refractivity contribution in [2.45, 2.75) is 25.1 Å². The van der Waals surface area contributed by atoms with Crippen LogP contribution in [0.25, 0.3) is 11.4 Å². The summed E-state index contributed by atoms with van der Waals surface area (Å²) in [5.41, 5.74) is 0.860. The van der Waals surface area contributed by atoms with E-state index >= 15 is 0 Å². The molecule has 2 fully saturated rings. The van der Waals surface area contributed by atoms with Gasteiger partial charge in [-0.1, -0.05) is 28.9 Å². The number of morpholine rings is 1. The van der Waals surface area contributed by atoms with Crippen LogP contribution in [0, 0.1) is 0 Å². The molecule has 0 N–H and O–H groups in total. The van der Waals surface area contributed by atoms with Gasteiger partial charge in [-0.05, 0) is 18.6 Å². The number of nitrogens with zero attached hydrogens (tertiary/aromatic N) is 3. The quantitative estimate of drug-likeness (QED) is 0.858. The monoisotopic (exact) mass is 335 g/mol. The summed E-state index contributed by atoms with van der Waals surface area (Å²) in [6, 6.07) is 7.82. The van der Waals surface area contributed by atoms with E-state index in [2.05, 4.69) is 15.0 Å². The molecule has 0 spiro atoms. The van der Waals surface area contributed by atoms with E-state index in [0.717, 1.165) is 25.1 Å². The molecular formula is C16H18ClN3O3. The van der Waals surface area contributed by atoms with Crippen LogP contribution in [0.4, 0.5) is 0 Å². The van der Waals surface area contributed by atoms with Gasteiger partial charge in [0.25, 0.3) is 0 Å². The third-order valence-electron chi connectivity index (χ3n) is 4.34. The van der Waals surface area contributed by atoms with Gasteiger partial charge in [-0.25, -0.2) is 0 Å². The second-order valence-corrected chi connectivity index (χ2v) is 6.27. The smallest absolute Gasteiger partial charge is 0.241 e. The molecule has 0 unspecified atom stereocenters. The summed E-state index contributed by atoms with van der Waals surface area (Å²) in [4.78, 5) is 6.86. The fourth-order valence-corrected chi connectivity index (χ4v) is 3.39. The SMILES string of the molecule is Clc1cccc(-c2noc(CN3CCO[C@@H]4COCC[C@@H]43)n2)c1. The summed E-state index contributed by atoms with van der Waals surface area (Å²) in [6.07, 6.45) is 1.12. The Labute approximate surface area is 139 Å². The van der Waals surface area contributed by atoms with Crippen molar-refractivity contribution >= 4 is 11.6 Å². The van der Waals surface area contributed by atoms with Crippen LogP contribution in [0.5, 0.6) is 0 Å². The minimum absolute atomic E-state index is 0.146. The summed E-state index contributed by atoms with van der Waals surface area (Å²) in [6.45, 7) is 3.66. The lowest BCUT2D eigenvalue weighted by Crippen LogP contribution is -2.55. The van der Waals surface area contributed by atoms with Crippen LogP contribution in [0.1, 0.15) is 12.3 Å². The van der Waals surface area contributed by atoms with E-state index in [1.807, 2.05) is 24.3 Å². The Bertz CT molecular complexity index is 676. The molecule has 0 radical (unpaired) electrons. The highest BCUT2D eigenvalue weighted by molar-refractivity contribution is 6.30. The average Bonchev–Trinajstić information content (AvgIpc) is 3.04. The Morgan fingerprint density at radius 3 is 3.17 bits per heavy atom. The van der Waals surface area contributed by atoms with Crippen molar-refractivity contribution in [2.75, 3.05) is 26.4 Å². The zero-order valence-corrected chi connectivity index (χ0v) is 13.4. The van der Waals surface area contributed by atoms with Crippen LogP contribution in [0.15, 0.2) is 28.8 Å². The lowest BCUT2D eigenvalue weighted by atomic mass is 10.0. The third kappa shape index (κ3) is 3.26. The maximum absolute atomic E-state index is 6.01. The second kappa shape index (κ2) is 6.57. The van der Waals surface area contributed by atoms with Crippen LogP contribution < -0.4 is 0 Å². The fraction of sp³-hybridized carbons (Fsp3) is 0.500. The molecule has 2 aliphatic rings. The molecule has 0 bridgehead atoms. The van der Waals surface area contributed by atoms with E-state index in [1.54, 1.807) is 0 Å². The van der Waals surface area contributed by atoms with Crippen LogP contribution in [0.2, 0.25) is 5.02 Å². The molecule has 1 aromatic carbocycles. The number of ether oxygens (including phenoxy) is 2. The zero-order valence-electron chi connectivity index (χ0n) is 12.7. The Balaban J connectivity index is 1.49. The first-order valence-corrected chi connectivity index (χ1v) is 8.19. The van der Waals surface area contributed by atoms with Crippen LogP contribution in [-0.2, 0) is 16.0 Å². The zero-order chi connectivity index (χ0) is 15.6. The molecule has 6 nitrogen and oxygen atoms in total. The van der Waals surface area contributed by atoms with Gasteiger partial charge in [0.05, 0.1) is 25.9 Å². The van der Waals surface area contributed by atoms with E-state index < -0.39 is 0 Å². The van der Waals surface area contributed by atoms with Crippen molar-refractivity contribution in [3.63, 3.8) is 0 Å². The number of hydrogen-bond donors (Lipinski definition) is 0. The normalized spacial score (nSPS) is 25.3. The molecule has 1 aromatic heterocycles. The fourth-order valence-electron chi connectivity index (χ4n) is 3.20. The lowest BCUT2D eigenvalue weighted by Gasteiger charge is -2.42. The second-order valence-electron chi connectivity index (χ2n) is 5.83. The molecule has 2 aliphatic heterocycles. The largest absolute Gasteiger partial charge is 0.379 e. The van der Waals surface area contributed by atoms with Crippen molar-refractivity contribution in [3.8, 4) is 11.4 Å². The topological polar surface area (TPSA) is 60.6 Å². The lowest BCUT2D eigenvalue weighted by molar-refractivity contribution is -0.139. The predicted octanol–water partition coefficient (Wildman–Crippen LogP) is 2.38. The summed E-state index contributed by atoms with van der Waals surface area (Å²) < 4.78 is 16.7. The van der Waals surface area contributed by atoms with Crippen molar-refractivity contribution in [2.24, 2.45) is 0 Å². The molecule has 0 aliphatic carbocycles. The molecule has 2 atom stereocenters. The van der Waals surface area contributed by atoms with Gasteiger partial charge in [0.2, 0.25) is 11.7 Å². The highest BCUT2D eigenvalue weighted by Gasteiger charge is 2.35. The van der Waals surface area contributed by atoms with Gasteiger partial charge in [0.15, 0.2) is 0 Å². The highest BCUT2D eigenvalue weighted by atomic mass is 35.5. The van der Waals surface area contributed by atoms with E-state index in [-0.39, 0.29) is 6.10 Å². The van der Waals surface area contributed by atoms with Crippen LogP contribution in [-0.4, -0.2) is 53.6 Å². The van der Waals surface area contributed by atoms with E-state index in [1.165, 1.54) is 0 Å². The summed E-state index contributed by atoms with van der Waals surface area (Å²) in [5, 5.41) is 4.73. The van der Waals surface area contributed by atoms with Gasteiger partial charge >= 0.3 is 0 Å². The Kier molecular flexibility index (Phi) is 4.31. The number of halogens is 1. The number of fused-ring (bicyclic) bond motifs is 1. The summed E-state index contributed by atoms with van der Waals surface area (Å²) in [7, 11) is 0. The summed E-state index contributed by atoms with van der Waals surface area (Å²) >= 11 is 6.01. The molecule has 2 aromatic rings. The molecular weight excluding hydrogens is 318 g/mol. The molecule has 2 saturated heterocycles. The molecule has 7 heteroatoms. The van der Waals surface area contributed by atoms with Crippen LogP contribution >= 0.6 is 11.6 Å².